The number of aryl methyl sites for hydroxylation is 3. The van der Waals surface area contributed by atoms with E-state index < -0.39 is 0 Å². The summed E-state index contributed by atoms with van der Waals surface area (Å²) in [5.41, 5.74) is 3.97. The highest BCUT2D eigenvalue weighted by Gasteiger charge is 2.21. The van der Waals surface area contributed by atoms with Crippen LogP contribution < -0.4 is 5.32 Å². The second-order valence-corrected chi connectivity index (χ2v) is 7.16. The topological polar surface area (TPSA) is 59.3 Å². The summed E-state index contributed by atoms with van der Waals surface area (Å²) in [4.78, 5) is 14.1. The van der Waals surface area contributed by atoms with Crippen LogP contribution in [-0.2, 0) is 0 Å². The van der Waals surface area contributed by atoms with Crippen molar-refractivity contribution >= 4 is 27.9 Å². The molecule has 0 spiro atoms. The van der Waals surface area contributed by atoms with E-state index in [9.17, 15) is 4.79 Å². The molecule has 1 N–H and O–H groups in total. The summed E-state index contributed by atoms with van der Waals surface area (Å²) in [6.07, 6.45) is 0. The zero-order valence-corrected chi connectivity index (χ0v) is 14.8. The van der Waals surface area contributed by atoms with Gasteiger partial charge in [-0.2, -0.15) is 0 Å². The average molecular weight is 328 g/mol. The summed E-state index contributed by atoms with van der Waals surface area (Å²) in [5.74, 6) is 1.05. The Morgan fingerprint density at radius 3 is 2.39 bits per heavy atom. The van der Waals surface area contributed by atoms with E-state index in [4.69, 9.17) is 0 Å². The second-order valence-electron chi connectivity index (χ2n) is 6.18. The SMILES string of the molecule is Cc1cc(C)cc(NC(=O)c2sc3nnc(C(C)C)n3c2C)c1. The number of nitrogens with zero attached hydrogens (tertiary/aromatic N) is 3. The number of hydrogen-bond donors (Lipinski definition) is 1. The van der Waals surface area contributed by atoms with E-state index in [1.165, 1.54) is 11.3 Å². The first-order chi connectivity index (χ1) is 10.9. The third-order valence-corrected chi connectivity index (χ3v) is 4.85. The van der Waals surface area contributed by atoms with E-state index in [-0.39, 0.29) is 11.8 Å². The summed E-state index contributed by atoms with van der Waals surface area (Å²) in [6, 6.07) is 6.03. The molecule has 5 nitrogen and oxygen atoms in total. The number of carbonyl (C=O) groups is 1. The van der Waals surface area contributed by atoms with Gasteiger partial charge in [-0.25, -0.2) is 0 Å². The number of nitrogens with one attached hydrogen (secondary N) is 1. The molecule has 0 saturated heterocycles. The number of thiazole rings is 1. The molecule has 1 amide bonds. The molecule has 0 aliphatic rings. The molecule has 120 valence electrons. The number of amides is 1. The fourth-order valence-electron chi connectivity index (χ4n) is 2.75. The number of aromatic nitrogens is 3. The molecule has 1 aromatic carbocycles. The van der Waals surface area contributed by atoms with E-state index in [0.717, 1.165) is 33.3 Å². The maximum atomic E-state index is 12.6. The van der Waals surface area contributed by atoms with Crippen LogP contribution in [0.1, 0.15) is 52.1 Å². The molecule has 0 aliphatic heterocycles. The van der Waals surface area contributed by atoms with Crippen LogP contribution in [0.15, 0.2) is 18.2 Å². The van der Waals surface area contributed by atoms with Gasteiger partial charge in [-0.3, -0.25) is 9.20 Å². The minimum absolute atomic E-state index is 0.0993. The van der Waals surface area contributed by atoms with E-state index >= 15 is 0 Å². The molecular weight excluding hydrogens is 308 g/mol. The lowest BCUT2D eigenvalue weighted by Crippen LogP contribution is -2.12. The number of hydrogen-bond acceptors (Lipinski definition) is 4. The van der Waals surface area contributed by atoms with Crippen molar-refractivity contribution in [2.45, 2.75) is 40.5 Å². The lowest BCUT2D eigenvalue weighted by molar-refractivity contribution is 0.102. The predicted octanol–water partition coefficient (Wildman–Crippen LogP) is 4.09. The Balaban J connectivity index is 1.96. The first-order valence-electron chi connectivity index (χ1n) is 7.61. The highest BCUT2D eigenvalue weighted by atomic mass is 32.1. The van der Waals surface area contributed by atoms with Crippen LogP contribution >= 0.6 is 11.3 Å². The highest BCUT2D eigenvalue weighted by molar-refractivity contribution is 7.19. The Kier molecular flexibility index (Phi) is 3.93. The van der Waals surface area contributed by atoms with E-state index in [0.29, 0.717) is 4.88 Å². The molecule has 3 aromatic rings. The lowest BCUT2D eigenvalue weighted by Gasteiger charge is -2.07. The Bertz CT molecular complexity index is 871. The minimum Gasteiger partial charge on any atom is -0.321 e. The minimum atomic E-state index is -0.0993. The van der Waals surface area contributed by atoms with Gasteiger partial charge in [-0.1, -0.05) is 31.3 Å². The molecule has 3 rings (SSSR count). The average Bonchev–Trinajstić information content (AvgIpc) is 2.98. The Morgan fingerprint density at radius 2 is 1.78 bits per heavy atom. The zero-order valence-electron chi connectivity index (χ0n) is 14.0. The second kappa shape index (κ2) is 5.77. The Labute approximate surface area is 139 Å². The molecule has 0 aliphatic carbocycles. The van der Waals surface area contributed by atoms with Crippen molar-refractivity contribution in [1.82, 2.24) is 14.6 Å². The predicted molar refractivity (Wildman–Crippen MR) is 93.6 cm³/mol. The van der Waals surface area contributed by atoms with E-state index in [1.54, 1.807) is 0 Å². The Hall–Kier alpha value is -2.21. The van der Waals surface area contributed by atoms with Crippen LogP contribution in [0.3, 0.4) is 0 Å². The normalized spacial score (nSPS) is 11.4. The van der Waals surface area contributed by atoms with E-state index in [1.807, 2.05) is 37.3 Å². The van der Waals surface area contributed by atoms with Gasteiger partial charge in [0, 0.05) is 17.3 Å². The summed E-state index contributed by atoms with van der Waals surface area (Å²) in [7, 11) is 0. The van der Waals surface area contributed by atoms with Gasteiger partial charge in [0.2, 0.25) is 4.96 Å². The third-order valence-electron chi connectivity index (χ3n) is 3.72. The van der Waals surface area contributed by atoms with Gasteiger partial charge < -0.3 is 5.32 Å². The van der Waals surface area contributed by atoms with Gasteiger partial charge in [0.25, 0.3) is 5.91 Å². The smallest absolute Gasteiger partial charge is 0.267 e. The molecule has 23 heavy (non-hydrogen) atoms. The number of benzene rings is 1. The Morgan fingerprint density at radius 1 is 1.13 bits per heavy atom. The molecule has 6 heteroatoms. The maximum Gasteiger partial charge on any atom is 0.267 e. The quantitative estimate of drug-likeness (QED) is 0.787. The van der Waals surface area contributed by atoms with Crippen molar-refractivity contribution in [3.63, 3.8) is 0 Å². The van der Waals surface area contributed by atoms with Gasteiger partial charge >= 0.3 is 0 Å². The maximum absolute atomic E-state index is 12.6. The standard InChI is InChI=1S/C17H20N4OS/c1-9(2)15-19-20-17-21(15)12(5)14(23-17)16(22)18-13-7-10(3)6-11(4)8-13/h6-9H,1-5H3,(H,18,22). The largest absolute Gasteiger partial charge is 0.321 e. The molecule has 0 fully saturated rings. The van der Waals surface area contributed by atoms with Gasteiger partial charge in [-0.15, -0.1) is 10.2 Å². The molecule has 0 saturated carbocycles. The number of rotatable bonds is 3. The number of fused-ring (bicyclic) bond motifs is 1. The van der Waals surface area contributed by atoms with Crippen LogP contribution in [0, 0.1) is 20.8 Å². The summed E-state index contributed by atoms with van der Waals surface area (Å²) in [5, 5.41) is 11.4. The van der Waals surface area contributed by atoms with Crippen molar-refractivity contribution in [2.75, 3.05) is 5.32 Å². The van der Waals surface area contributed by atoms with Crippen molar-refractivity contribution in [3.8, 4) is 0 Å². The molecule has 0 atom stereocenters. The lowest BCUT2D eigenvalue weighted by atomic mass is 10.1. The molecule has 0 radical (unpaired) electrons. The zero-order chi connectivity index (χ0) is 16.7. The van der Waals surface area contributed by atoms with Crippen LogP contribution in [0.2, 0.25) is 0 Å². The van der Waals surface area contributed by atoms with Crippen molar-refractivity contribution in [2.24, 2.45) is 0 Å². The molecular formula is C17H20N4OS. The third kappa shape index (κ3) is 2.86. The number of anilines is 1. The highest BCUT2D eigenvalue weighted by Crippen LogP contribution is 2.26. The van der Waals surface area contributed by atoms with Crippen molar-refractivity contribution < 1.29 is 4.79 Å². The first-order valence-corrected chi connectivity index (χ1v) is 8.42. The molecule has 2 heterocycles. The van der Waals surface area contributed by atoms with Crippen molar-refractivity contribution in [1.29, 1.82) is 0 Å². The van der Waals surface area contributed by atoms with Gasteiger partial charge in [0.1, 0.15) is 10.7 Å². The fourth-order valence-corrected chi connectivity index (χ4v) is 3.72. The monoisotopic (exact) mass is 328 g/mol. The van der Waals surface area contributed by atoms with Gasteiger partial charge in [-0.05, 0) is 44.0 Å². The van der Waals surface area contributed by atoms with Gasteiger partial charge in [0.15, 0.2) is 0 Å². The van der Waals surface area contributed by atoms with Crippen LogP contribution in [-0.4, -0.2) is 20.5 Å². The molecule has 0 unspecified atom stereocenters. The van der Waals surface area contributed by atoms with Crippen LogP contribution in [0.5, 0.6) is 0 Å². The molecule has 0 bridgehead atoms. The van der Waals surface area contributed by atoms with Crippen LogP contribution in [0.4, 0.5) is 5.69 Å². The van der Waals surface area contributed by atoms with Crippen LogP contribution in [0.25, 0.3) is 4.96 Å². The number of carbonyl (C=O) groups excluding carboxylic acids is 1. The first kappa shape index (κ1) is 15.7. The summed E-state index contributed by atoms with van der Waals surface area (Å²) >= 11 is 1.38. The van der Waals surface area contributed by atoms with Crippen molar-refractivity contribution in [3.05, 3.63) is 45.7 Å². The van der Waals surface area contributed by atoms with Gasteiger partial charge in [0.05, 0.1) is 0 Å². The summed E-state index contributed by atoms with van der Waals surface area (Å²) in [6.45, 7) is 10.1. The summed E-state index contributed by atoms with van der Waals surface area (Å²) < 4.78 is 1.98. The fraction of sp³-hybridized carbons (Fsp3) is 0.353. The van der Waals surface area contributed by atoms with E-state index in [2.05, 4.69) is 35.4 Å². The molecule has 2 aromatic heterocycles.